The number of carbonyl (C=O) groups excluding carboxylic acids is 3. The SMILES string of the molecule is Cc1ccccc1C(=O)Nc1ccc(C(=O)C2=c3ccc4c(c3CCC2)C(=O)C=c2c(Cl)cccc2=4)c(C)c1. The molecule has 39 heavy (non-hydrogen) atoms. The predicted octanol–water partition coefficient (Wildman–Crippen LogP) is 5.84. The summed E-state index contributed by atoms with van der Waals surface area (Å²) in [5.74, 6) is -0.293. The molecule has 0 fully saturated rings. The first kappa shape index (κ1) is 25.0. The first-order valence-corrected chi connectivity index (χ1v) is 13.4. The van der Waals surface area contributed by atoms with Crippen molar-refractivity contribution in [2.75, 3.05) is 5.32 Å². The number of nitrogens with one attached hydrogen (secondary N) is 1. The lowest BCUT2D eigenvalue weighted by Gasteiger charge is -2.20. The van der Waals surface area contributed by atoms with Gasteiger partial charge >= 0.3 is 0 Å². The van der Waals surface area contributed by atoms with E-state index in [-0.39, 0.29) is 17.5 Å². The molecule has 4 aromatic carbocycles. The van der Waals surface area contributed by atoms with Crippen molar-refractivity contribution in [1.29, 1.82) is 0 Å². The Morgan fingerprint density at radius 2 is 1.59 bits per heavy atom. The summed E-state index contributed by atoms with van der Waals surface area (Å²) in [6.07, 6.45) is 3.80. The van der Waals surface area contributed by atoms with Crippen LogP contribution in [0, 0.1) is 24.3 Å². The van der Waals surface area contributed by atoms with Crippen LogP contribution < -0.4 is 15.8 Å². The van der Waals surface area contributed by atoms with Gasteiger partial charge in [-0.15, -0.1) is 0 Å². The standard InChI is InChI=1S/C34H26ClNO3/c1-19-7-3-4-8-23(19)34(39)36-21-13-14-22(20(2)17-21)33(38)28-11-5-10-26-25(28)15-16-27-24-9-6-12-30(35)29(24)18-31(37)32(26)27/h3-4,6-9,12-18H,5,10-11H2,1-2H3,(H,36,39). The van der Waals surface area contributed by atoms with Crippen molar-refractivity contribution in [2.45, 2.75) is 33.1 Å². The zero-order valence-electron chi connectivity index (χ0n) is 21.7. The Morgan fingerprint density at radius 3 is 2.38 bits per heavy atom. The molecule has 1 N–H and O–H groups in total. The third kappa shape index (κ3) is 4.31. The summed E-state index contributed by atoms with van der Waals surface area (Å²) in [5, 5.41) is 6.92. The molecular weight excluding hydrogens is 506 g/mol. The minimum atomic E-state index is -0.184. The van der Waals surface area contributed by atoms with Crippen LogP contribution in [0.4, 0.5) is 5.69 Å². The van der Waals surface area contributed by atoms with Gasteiger partial charge in [0.25, 0.3) is 5.91 Å². The Hall–Kier alpha value is -4.28. The normalized spacial score (nSPS) is 13.6. The lowest BCUT2D eigenvalue weighted by Crippen LogP contribution is -2.28. The minimum Gasteiger partial charge on any atom is -0.322 e. The molecule has 0 unspecified atom stereocenters. The number of Topliss-reactive ketones (excluding diaryl/α,β-unsaturated/α-hetero) is 2. The molecule has 4 aromatic rings. The van der Waals surface area contributed by atoms with Crippen LogP contribution in [0.15, 0.2) is 72.8 Å². The molecule has 0 bridgehead atoms. The first-order valence-electron chi connectivity index (χ1n) is 13.1. The maximum Gasteiger partial charge on any atom is 0.255 e. The van der Waals surface area contributed by atoms with Crippen molar-refractivity contribution in [1.82, 2.24) is 0 Å². The second-order valence-corrected chi connectivity index (χ2v) is 10.6. The van der Waals surface area contributed by atoms with Crippen LogP contribution in [0.5, 0.6) is 0 Å². The summed E-state index contributed by atoms with van der Waals surface area (Å²) in [6, 6.07) is 22.4. The fourth-order valence-corrected chi connectivity index (χ4v) is 6.04. The number of amides is 1. The summed E-state index contributed by atoms with van der Waals surface area (Å²) < 4.78 is 0. The molecule has 5 heteroatoms. The summed E-state index contributed by atoms with van der Waals surface area (Å²) in [6.45, 7) is 3.78. The Kier molecular flexibility index (Phi) is 6.28. The predicted molar refractivity (Wildman–Crippen MR) is 155 cm³/mol. The largest absolute Gasteiger partial charge is 0.322 e. The molecule has 0 spiro atoms. The number of hydrogen-bond acceptors (Lipinski definition) is 3. The second kappa shape index (κ2) is 9.79. The maximum atomic E-state index is 13.8. The number of anilines is 1. The third-order valence-corrected chi connectivity index (χ3v) is 8.08. The highest BCUT2D eigenvalue weighted by Crippen LogP contribution is 2.26. The van der Waals surface area contributed by atoms with E-state index in [9.17, 15) is 14.4 Å². The number of ketones is 2. The Bertz CT molecular complexity index is 1960. The van der Waals surface area contributed by atoms with Gasteiger partial charge in [0.15, 0.2) is 11.6 Å². The molecule has 1 amide bonds. The number of hydrogen-bond donors (Lipinski definition) is 1. The number of fused-ring (bicyclic) bond motifs is 4. The smallest absolute Gasteiger partial charge is 0.255 e. The van der Waals surface area contributed by atoms with E-state index in [1.807, 2.05) is 62.4 Å². The van der Waals surface area contributed by atoms with E-state index in [4.69, 9.17) is 11.6 Å². The van der Waals surface area contributed by atoms with Gasteiger partial charge in [0.1, 0.15) is 0 Å². The van der Waals surface area contributed by atoms with Gasteiger partial charge in [-0.1, -0.05) is 54.1 Å². The maximum absolute atomic E-state index is 13.8. The molecule has 192 valence electrons. The molecule has 0 aromatic heterocycles. The van der Waals surface area contributed by atoms with Gasteiger partial charge in [0, 0.05) is 38.2 Å². The molecule has 0 saturated carbocycles. The van der Waals surface area contributed by atoms with Crippen molar-refractivity contribution >= 4 is 46.4 Å². The first-order chi connectivity index (χ1) is 18.8. The molecule has 4 nitrogen and oxygen atoms in total. The molecule has 6 rings (SSSR count). The fourth-order valence-electron chi connectivity index (χ4n) is 5.82. The number of aryl methyl sites for hydroxylation is 2. The van der Waals surface area contributed by atoms with E-state index >= 15 is 0 Å². The van der Waals surface area contributed by atoms with Crippen LogP contribution in [0.2, 0.25) is 5.02 Å². The molecular formula is C34H26ClNO3. The van der Waals surface area contributed by atoms with E-state index in [1.165, 1.54) is 0 Å². The van der Waals surface area contributed by atoms with Crippen LogP contribution in [0.25, 0.3) is 11.6 Å². The molecule has 0 heterocycles. The Morgan fingerprint density at radius 1 is 0.795 bits per heavy atom. The summed E-state index contributed by atoms with van der Waals surface area (Å²) in [4.78, 5) is 39.9. The van der Waals surface area contributed by atoms with E-state index in [2.05, 4.69) is 5.32 Å². The van der Waals surface area contributed by atoms with Crippen molar-refractivity contribution in [3.05, 3.63) is 132 Å². The Labute approximate surface area is 231 Å². The summed E-state index contributed by atoms with van der Waals surface area (Å²) >= 11 is 6.39. The lowest BCUT2D eigenvalue weighted by molar-refractivity contribution is 0.102. The van der Waals surface area contributed by atoms with Crippen LogP contribution in [-0.4, -0.2) is 17.5 Å². The zero-order chi connectivity index (χ0) is 27.3. The lowest BCUT2D eigenvalue weighted by atomic mass is 9.83. The van der Waals surface area contributed by atoms with Crippen molar-refractivity contribution in [3.8, 4) is 0 Å². The van der Waals surface area contributed by atoms with E-state index in [1.54, 1.807) is 30.3 Å². The number of carbonyl (C=O) groups is 3. The fraction of sp³-hybridized carbons (Fsp3) is 0.147. The monoisotopic (exact) mass is 531 g/mol. The quantitative estimate of drug-likeness (QED) is 0.336. The Balaban J connectivity index is 1.41. The third-order valence-electron chi connectivity index (χ3n) is 7.75. The second-order valence-electron chi connectivity index (χ2n) is 10.2. The van der Waals surface area contributed by atoms with Gasteiger partial charge < -0.3 is 5.32 Å². The van der Waals surface area contributed by atoms with Gasteiger partial charge in [-0.2, -0.15) is 0 Å². The minimum absolute atomic E-state index is 0.0409. The topological polar surface area (TPSA) is 63.2 Å². The molecule has 2 aliphatic rings. The number of rotatable bonds is 4. The summed E-state index contributed by atoms with van der Waals surface area (Å²) in [5.41, 5.74) is 5.88. The van der Waals surface area contributed by atoms with Crippen LogP contribution >= 0.6 is 11.6 Å². The average molecular weight is 532 g/mol. The van der Waals surface area contributed by atoms with Crippen LogP contribution in [0.1, 0.15) is 60.6 Å². The van der Waals surface area contributed by atoms with E-state index < -0.39 is 0 Å². The highest BCUT2D eigenvalue weighted by molar-refractivity contribution is 6.32. The highest BCUT2D eigenvalue weighted by Gasteiger charge is 2.24. The highest BCUT2D eigenvalue weighted by atomic mass is 35.5. The number of halogens is 1. The van der Waals surface area contributed by atoms with Gasteiger partial charge in [-0.25, -0.2) is 0 Å². The zero-order valence-corrected chi connectivity index (χ0v) is 22.5. The van der Waals surface area contributed by atoms with E-state index in [0.29, 0.717) is 33.8 Å². The van der Waals surface area contributed by atoms with Gasteiger partial charge in [0.2, 0.25) is 0 Å². The van der Waals surface area contributed by atoms with Crippen molar-refractivity contribution in [3.63, 3.8) is 0 Å². The molecule has 0 aliphatic heterocycles. The van der Waals surface area contributed by atoms with E-state index in [0.717, 1.165) is 56.0 Å². The van der Waals surface area contributed by atoms with Crippen molar-refractivity contribution < 1.29 is 14.4 Å². The number of benzene rings is 4. The molecule has 0 saturated heterocycles. The summed E-state index contributed by atoms with van der Waals surface area (Å²) in [7, 11) is 0. The molecule has 0 radical (unpaired) electrons. The van der Waals surface area contributed by atoms with Crippen molar-refractivity contribution in [2.24, 2.45) is 0 Å². The van der Waals surface area contributed by atoms with Crippen LogP contribution in [-0.2, 0) is 6.42 Å². The van der Waals surface area contributed by atoms with Gasteiger partial charge in [-0.3, -0.25) is 14.4 Å². The average Bonchev–Trinajstić information content (AvgIpc) is 2.93. The van der Waals surface area contributed by atoms with Gasteiger partial charge in [0.05, 0.1) is 0 Å². The van der Waals surface area contributed by atoms with Crippen LogP contribution in [0.3, 0.4) is 0 Å². The molecule has 2 aliphatic carbocycles. The van der Waals surface area contributed by atoms with Gasteiger partial charge in [-0.05, 0) is 102 Å². The molecule has 0 atom stereocenters.